The van der Waals surface area contributed by atoms with Crippen molar-refractivity contribution in [3.05, 3.63) is 65.7 Å². The lowest BCUT2D eigenvalue weighted by Crippen LogP contribution is -2.32. The van der Waals surface area contributed by atoms with Crippen molar-refractivity contribution in [2.24, 2.45) is 5.73 Å². The molecule has 0 aromatic heterocycles. The minimum atomic E-state index is -3.50. The van der Waals surface area contributed by atoms with E-state index >= 15 is 0 Å². The molecule has 26 heavy (non-hydrogen) atoms. The number of nitrogens with zero attached hydrogens (tertiary/aromatic N) is 2. The van der Waals surface area contributed by atoms with Crippen molar-refractivity contribution >= 4 is 15.9 Å². The zero-order valence-electron chi connectivity index (χ0n) is 14.9. The summed E-state index contributed by atoms with van der Waals surface area (Å²) in [6.45, 7) is 1.04. The molecule has 0 bridgehead atoms. The highest BCUT2D eigenvalue weighted by Gasteiger charge is 2.34. The number of nitrogens with two attached hydrogens (primary N) is 1. The number of likely N-dealkylation sites (tertiary alicyclic amines) is 1. The quantitative estimate of drug-likeness (QED) is 0.880. The Labute approximate surface area is 154 Å². The van der Waals surface area contributed by atoms with Crippen molar-refractivity contribution < 1.29 is 13.2 Å². The number of amides is 1. The summed E-state index contributed by atoms with van der Waals surface area (Å²) in [6.07, 6.45) is 0. The van der Waals surface area contributed by atoms with Crippen LogP contribution in [-0.2, 0) is 10.0 Å². The van der Waals surface area contributed by atoms with Crippen LogP contribution in [0.3, 0.4) is 0 Å². The Morgan fingerprint density at radius 2 is 1.65 bits per heavy atom. The van der Waals surface area contributed by atoms with Crippen LogP contribution < -0.4 is 5.73 Å². The van der Waals surface area contributed by atoms with Crippen molar-refractivity contribution in [2.45, 2.75) is 16.9 Å². The van der Waals surface area contributed by atoms with Crippen LogP contribution in [0, 0.1) is 0 Å². The molecule has 1 heterocycles. The maximum absolute atomic E-state index is 12.8. The monoisotopic (exact) mass is 373 g/mol. The normalized spacial score (nSPS) is 20.5. The molecule has 138 valence electrons. The molecule has 1 saturated heterocycles. The molecule has 1 amide bonds. The fraction of sp³-hybridized carbons (Fsp3) is 0.316. The van der Waals surface area contributed by atoms with Gasteiger partial charge < -0.3 is 10.6 Å². The van der Waals surface area contributed by atoms with E-state index < -0.39 is 10.0 Å². The van der Waals surface area contributed by atoms with E-state index in [1.165, 1.54) is 26.2 Å². The highest BCUT2D eigenvalue weighted by molar-refractivity contribution is 7.89. The first-order chi connectivity index (χ1) is 12.3. The number of carbonyl (C=O) groups is 1. The van der Waals surface area contributed by atoms with Crippen LogP contribution >= 0.6 is 0 Å². The van der Waals surface area contributed by atoms with Gasteiger partial charge in [-0.25, -0.2) is 12.7 Å². The highest BCUT2D eigenvalue weighted by atomic mass is 32.2. The lowest BCUT2D eigenvalue weighted by atomic mass is 9.95. The van der Waals surface area contributed by atoms with Gasteiger partial charge in [-0.15, -0.1) is 0 Å². The van der Waals surface area contributed by atoms with Gasteiger partial charge in [0.15, 0.2) is 0 Å². The topological polar surface area (TPSA) is 83.7 Å². The summed E-state index contributed by atoms with van der Waals surface area (Å²) >= 11 is 0. The van der Waals surface area contributed by atoms with E-state index in [9.17, 15) is 13.2 Å². The van der Waals surface area contributed by atoms with Crippen LogP contribution in [-0.4, -0.2) is 56.8 Å². The summed E-state index contributed by atoms with van der Waals surface area (Å²) in [6, 6.07) is 15.9. The van der Waals surface area contributed by atoms with E-state index in [-0.39, 0.29) is 22.8 Å². The number of sulfonamides is 1. The Kier molecular flexibility index (Phi) is 5.13. The van der Waals surface area contributed by atoms with Crippen LogP contribution in [0.4, 0.5) is 0 Å². The highest BCUT2D eigenvalue weighted by Crippen LogP contribution is 2.27. The zero-order chi connectivity index (χ0) is 18.9. The molecule has 2 atom stereocenters. The fourth-order valence-corrected chi connectivity index (χ4v) is 4.11. The minimum Gasteiger partial charge on any atom is -0.336 e. The number of carbonyl (C=O) groups excluding carboxylic acids is 1. The predicted molar refractivity (Wildman–Crippen MR) is 100 cm³/mol. The predicted octanol–water partition coefficient (Wildman–Crippen LogP) is 1.50. The van der Waals surface area contributed by atoms with Crippen molar-refractivity contribution in [1.29, 1.82) is 0 Å². The Bertz CT molecular complexity index is 880. The molecule has 0 radical (unpaired) electrons. The first kappa shape index (κ1) is 18.6. The van der Waals surface area contributed by atoms with Gasteiger partial charge in [0, 0.05) is 44.7 Å². The van der Waals surface area contributed by atoms with Crippen LogP contribution in [0.2, 0.25) is 0 Å². The summed E-state index contributed by atoms with van der Waals surface area (Å²) < 4.78 is 25.4. The van der Waals surface area contributed by atoms with Gasteiger partial charge in [0.05, 0.1) is 4.90 Å². The van der Waals surface area contributed by atoms with E-state index in [4.69, 9.17) is 5.73 Å². The number of benzene rings is 2. The molecular weight excluding hydrogens is 350 g/mol. The molecule has 6 nitrogen and oxygen atoms in total. The molecule has 0 saturated carbocycles. The van der Waals surface area contributed by atoms with Gasteiger partial charge >= 0.3 is 0 Å². The molecule has 1 fully saturated rings. The third kappa shape index (κ3) is 3.51. The third-order valence-electron chi connectivity index (χ3n) is 4.76. The molecule has 0 aliphatic carbocycles. The summed E-state index contributed by atoms with van der Waals surface area (Å²) in [4.78, 5) is 14.7. The SMILES string of the molecule is CN(C)S(=O)(=O)c1ccc(C(=O)N2C[C@@H](N)[C@H](c3ccccc3)C2)cc1. The van der Waals surface area contributed by atoms with Crippen LogP contribution in [0.5, 0.6) is 0 Å². The number of rotatable bonds is 4. The Morgan fingerprint density at radius 1 is 1.04 bits per heavy atom. The molecule has 2 aromatic rings. The third-order valence-corrected chi connectivity index (χ3v) is 6.59. The molecule has 2 N–H and O–H groups in total. The van der Waals surface area contributed by atoms with E-state index in [1.54, 1.807) is 17.0 Å². The summed E-state index contributed by atoms with van der Waals surface area (Å²) in [5.41, 5.74) is 7.84. The first-order valence-electron chi connectivity index (χ1n) is 8.43. The fourth-order valence-electron chi connectivity index (χ4n) is 3.21. The second-order valence-electron chi connectivity index (χ2n) is 6.70. The zero-order valence-corrected chi connectivity index (χ0v) is 15.7. The molecule has 0 spiro atoms. The van der Waals surface area contributed by atoms with E-state index in [0.29, 0.717) is 18.7 Å². The maximum atomic E-state index is 12.8. The van der Waals surface area contributed by atoms with Crippen molar-refractivity contribution in [3.8, 4) is 0 Å². The number of hydrogen-bond acceptors (Lipinski definition) is 4. The summed E-state index contributed by atoms with van der Waals surface area (Å²) in [7, 11) is -0.552. The number of hydrogen-bond donors (Lipinski definition) is 1. The molecule has 2 aromatic carbocycles. The van der Waals surface area contributed by atoms with E-state index in [0.717, 1.165) is 9.87 Å². The van der Waals surface area contributed by atoms with Crippen molar-refractivity contribution in [2.75, 3.05) is 27.2 Å². The van der Waals surface area contributed by atoms with Gasteiger partial charge in [-0.3, -0.25) is 4.79 Å². The Balaban J connectivity index is 1.76. The molecule has 1 aliphatic rings. The van der Waals surface area contributed by atoms with Gasteiger partial charge in [0.25, 0.3) is 5.91 Å². The smallest absolute Gasteiger partial charge is 0.253 e. The minimum absolute atomic E-state index is 0.105. The second kappa shape index (κ2) is 7.19. The van der Waals surface area contributed by atoms with Gasteiger partial charge in [0.1, 0.15) is 0 Å². The van der Waals surface area contributed by atoms with Crippen LogP contribution in [0.1, 0.15) is 21.8 Å². The van der Waals surface area contributed by atoms with E-state index in [1.807, 2.05) is 30.3 Å². The summed E-state index contributed by atoms with van der Waals surface area (Å²) in [5.74, 6) is -0.0266. The van der Waals surface area contributed by atoms with Gasteiger partial charge in [-0.1, -0.05) is 30.3 Å². The first-order valence-corrected chi connectivity index (χ1v) is 9.87. The van der Waals surface area contributed by atoms with Gasteiger partial charge in [-0.05, 0) is 29.8 Å². The van der Waals surface area contributed by atoms with Crippen LogP contribution in [0.25, 0.3) is 0 Å². The molecule has 7 heteroatoms. The van der Waals surface area contributed by atoms with Crippen molar-refractivity contribution in [1.82, 2.24) is 9.21 Å². The van der Waals surface area contributed by atoms with Crippen molar-refractivity contribution in [3.63, 3.8) is 0 Å². The second-order valence-corrected chi connectivity index (χ2v) is 8.85. The molecule has 3 rings (SSSR count). The average Bonchev–Trinajstić information content (AvgIpc) is 3.03. The molecule has 0 unspecified atom stereocenters. The molecular formula is C19H23N3O3S. The van der Waals surface area contributed by atoms with E-state index in [2.05, 4.69) is 0 Å². The maximum Gasteiger partial charge on any atom is 0.253 e. The molecule has 1 aliphatic heterocycles. The average molecular weight is 373 g/mol. The Hall–Kier alpha value is -2.22. The summed E-state index contributed by atoms with van der Waals surface area (Å²) in [5, 5.41) is 0. The standard InChI is InChI=1S/C19H23N3O3S/c1-21(2)26(24,25)16-10-8-15(9-11-16)19(23)22-12-17(18(20)13-22)14-6-4-3-5-7-14/h3-11,17-18H,12-13,20H2,1-2H3/t17-,18+/m0/s1. The van der Waals surface area contributed by atoms with Crippen LogP contribution in [0.15, 0.2) is 59.5 Å². The lowest BCUT2D eigenvalue weighted by molar-refractivity contribution is 0.0789. The largest absolute Gasteiger partial charge is 0.336 e. The van der Waals surface area contributed by atoms with Gasteiger partial charge in [-0.2, -0.15) is 0 Å². The Morgan fingerprint density at radius 3 is 2.23 bits per heavy atom. The van der Waals surface area contributed by atoms with Gasteiger partial charge in [0.2, 0.25) is 10.0 Å². The lowest BCUT2D eigenvalue weighted by Gasteiger charge is -2.17.